The minimum Gasteiger partial charge on any atom is -0.320 e. The van der Waals surface area contributed by atoms with Gasteiger partial charge in [0.05, 0.1) is 0 Å². The van der Waals surface area contributed by atoms with E-state index >= 15 is 0 Å². The fourth-order valence-corrected chi connectivity index (χ4v) is 2.36. The molecule has 0 amide bonds. The Morgan fingerprint density at radius 1 is 1.28 bits per heavy atom. The summed E-state index contributed by atoms with van der Waals surface area (Å²) in [7, 11) is 0.135. The highest BCUT2D eigenvalue weighted by molar-refractivity contribution is 7.92. The smallest absolute Gasteiger partial charge is 0.235 e. The number of hydrogen-bond acceptors (Lipinski definition) is 3. The van der Waals surface area contributed by atoms with Crippen molar-refractivity contribution in [1.82, 2.24) is 9.62 Å². The summed E-state index contributed by atoms with van der Waals surface area (Å²) in [6.07, 6.45) is 2.41. The molecule has 4 nitrogen and oxygen atoms in total. The summed E-state index contributed by atoms with van der Waals surface area (Å²) in [5.41, 5.74) is 0.879. The van der Waals surface area contributed by atoms with Crippen LogP contribution in [0.2, 0.25) is 0 Å². The zero-order valence-electron chi connectivity index (χ0n) is 10.8. The van der Waals surface area contributed by atoms with Gasteiger partial charge in [0.1, 0.15) is 0 Å². The van der Waals surface area contributed by atoms with Crippen molar-refractivity contribution < 1.29 is 8.42 Å². The highest BCUT2D eigenvalue weighted by atomic mass is 32.2. The van der Waals surface area contributed by atoms with Crippen molar-refractivity contribution in [2.45, 2.75) is 6.42 Å². The molecule has 0 aliphatic heterocycles. The second-order valence-corrected chi connectivity index (χ2v) is 5.96. The van der Waals surface area contributed by atoms with Gasteiger partial charge in [0.2, 0.25) is 10.0 Å². The monoisotopic (exact) mass is 268 g/mol. The third kappa shape index (κ3) is 5.00. The Kier molecular flexibility index (Phi) is 6.04. The molecule has 0 aliphatic carbocycles. The maximum absolute atomic E-state index is 11.9. The molecule has 18 heavy (non-hydrogen) atoms. The number of benzene rings is 1. The van der Waals surface area contributed by atoms with Crippen LogP contribution in [-0.4, -0.2) is 39.9 Å². The van der Waals surface area contributed by atoms with Crippen LogP contribution in [0.5, 0.6) is 0 Å². The summed E-state index contributed by atoms with van der Waals surface area (Å²) in [5, 5.41) is 4.24. The van der Waals surface area contributed by atoms with E-state index in [1.807, 2.05) is 37.4 Å². The summed E-state index contributed by atoms with van der Waals surface area (Å²) >= 11 is 0. The molecule has 1 rings (SSSR count). The molecule has 0 fully saturated rings. The Hall–Kier alpha value is -1.17. The first kappa shape index (κ1) is 14.9. The molecule has 1 aromatic carbocycles. The van der Waals surface area contributed by atoms with Crippen molar-refractivity contribution in [2.24, 2.45) is 0 Å². The van der Waals surface area contributed by atoms with Crippen LogP contribution in [0.1, 0.15) is 12.0 Å². The van der Waals surface area contributed by atoms with Gasteiger partial charge < -0.3 is 5.32 Å². The van der Waals surface area contributed by atoms with Crippen molar-refractivity contribution >= 4 is 16.1 Å². The van der Waals surface area contributed by atoms with Gasteiger partial charge in [-0.15, -0.1) is 0 Å². The van der Waals surface area contributed by atoms with E-state index in [1.165, 1.54) is 9.71 Å². The van der Waals surface area contributed by atoms with Crippen LogP contribution in [0, 0.1) is 0 Å². The topological polar surface area (TPSA) is 49.4 Å². The molecule has 100 valence electrons. The first-order chi connectivity index (χ1) is 8.56. The average molecular weight is 268 g/mol. The lowest BCUT2D eigenvalue weighted by Crippen LogP contribution is -2.27. The average Bonchev–Trinajstić information content (AvgIpc) is 2.38. The van der Waals surface area contributed by atoms with Crippen molar-refractivity contribution in [1.29, 1.82) is 0 Å². The predicted molar refractivity (Wildman–Crippen MR) is 75.6 cm³/mol. The summed E-state index contributed by atoms with van der Waals surface area (Å²) in [6.45, 7) is 1.32. The second-order valence-electron chi connectivity index (χ2n) is 4.04. The summed E-state index contributed by atoms with van der Waals surface area (Å²) < 4.78 is 25.2. The minimum atomic E-state index is -3.31. The van der Waals surface area contributed by atoms with Gasteiger partial charge in [-0.05, 0) is 31.7 Å². The number of sulfonamides is 1. The molecule has 0 aliphatic rings. The highest BCUT2D eigenvalue weighted by Crippen LogP contribution is 2.06. The lowest BCUT2D eigenvalue weighted by Gasteiger charge is -2.14. The molecule has 1 N–H and O–H groups in total. The second kappa shape index (κ2) is 7.31. The molecule has 5 heteroatoms. The van der Waals surface area contributed by atoms with Crippen molar-refractivity contribution in [2.75, 3.05) is 27.2 Å². The van der Waals surface area contributed by atoms with Gasteiger partial charge in [0, 0.05) is 19.0 Å². The van der Waals surface area contributed by atoms with Gasteiger partial charge >= 0.3 is 0 Å². The van der Waals surface area contributed by atoms with Crippen LogP contribution in [-0.2, 0) is 10.0 Å². The Balaban J connectivity index is 2.61. The fourth-order valence-electron chi connectivity index (χ4n) is 1.44. The van der Waals surface area contributed by atoms with Crippen LogP contribution in [0.3, 0.4) is 0 Å². The maximum Gasteiger partial charge on any atom is 0.235 e. The van der Waals surface area contributed by atoms with Gasteiger partial charge in [-0.3, -0.25) is 0 Å². The van der Waals surface area contributed by atoms with Crippen LogP contribution in [0.25, 0.3) is 6.08 Å². The molecule has 0 saturated carbocycles. The molecule has 0 unspecified atom stereocenters. The molecule has 0 spiro atoms. The van der Waals surface area contributed by atoms with E-state index < -0.39 is 10.0 Å². The molecular weight excluding hydrogens is 248 g/mol. The van der Waals surface area contributed by atoms with Gasteiger partial charge in [-0.1, -0.05) is 30.3 Å². The molecule has 0 aromatic heterocycles. The van der Waals surface area contributed by atoms with E-state index in [0.717, 1.165) is 18.5 Å². The van der Waals surface area contributed by atoms with Gasteiger partial charge in [0.25, 0.3) is 0 Å². The Morgan fingerprint density at radius 3 is 2.56 bits per heavy atom. The van der Waals surface area contributed by atoms with Gasteiger partial charge in [-0.2, -0.15) is 0 Å². The number of rotatable bonds is 7. The predicted octanol–water partition coefficient (Wildman–Crippen LogP) is 1.53. The SMILES string of the molecule is CNCCCN(C)S(=O)(=O)C=Cc1ccccc1. The Bertz CT molecular complexity index is 469. The summed E-state index contributed by atoms with van der Waals surface area (Å²) in [5.74, 6) is 0. The normalized spacial score (nSPS) is 12.4. The fraction of sp³-hybridized carbons (Fsp3) is 0.385. The van der Waals surface area contributed by atoms with E-state index in [-0.39, 0.29) is 0 Å². The Morgan fingerprint density at radius 2 is 1.94 bits per heavy atom. The molecule has 0 heterocycles. The quantitative estimate of drug-likeness (QED) is 0.763. The van der Waals surface area contributed by atoms with E-state index in [1.54, 1.807) is 13.1 Å². The Labute approximate surface area is 109 Å². The van der Waals surface area contributed by atoms with E-state index in [4.69, 9.17) is 0 Å². The van der Waals surface area contributed by atoms with Crippen LogP contribution in [0.15, 0.2) is 35.7 Å². The van der Waals surface area contributed by atoms with E-state index in [2.05, 4.69) is 5.32 Å². The molecule has 0 radical (unpaired) electrons. The van der Waals surface area contributed by atoms with Crippen LogP contribution >= 0.6 is 0 Å². The van der Waals surface area contributed by atoms with Crippen molar-refractivity contribution in [3.05, 3.63) is 41.3 Å². The van der Waals surface area contributed by atoms with Crippen molar-refractivity contribution in [3.8, 4) is 0 Å². The summed E-state index contributed by atoms with van der Waals surface area (Å²) in [6, 6.07) is 9.39. The third-order valence-corrected chi connectivity index (χ3v) is 4.10. The molecule has 0 bridgehead atoms. The lowest BCUT2D eigenvalue weighted by atomic mass is 10.2. The van der Waals surface area contributed by atoms with Crippen molar-refractivity contribution in [3.63, 3.8) is 0 Å². The number of nitrogens with zero attached hydrogens (tertiary/aromatic N) is 1. The molecule has 0 saturated heterocycles. The number of nitrogens with one attached hydrogen (secondary N) is 1. The largest absolute Gasteiger partial charge is 0.320 e. The standard InChI is InChI=1S/C13H20N2O2S/c1-14-10-6-11-15(2)18(16,17)12-9-13-7-4-3-5-8-13/h3-5,7-9,12,14H,6,10-11H2,1-2H3. The van der Waals surface area contributed by atoms with E-state index in [0.29, 0.717) is 6.54 Å². The zero-order valence-corrected chi connectivity index (χ0v) is 11.7. The van der Waals surface area contributed by atoms with Crippen LogP contribution in [0.4, 0.5) is 0 Å². The molecule has 0 atom stereocenters. The lowest BCUT2D eigenvalue weighted by molar-refractivity contribution is 0.465. The number of hydrogen-bond donors (Lipinski definition) is 1. The minimum absolute atomic E-state index is 0.516. The third-order valence-electron chi connectivity index (χ3n) is 2.57. The van der Waals surface area contributed by atoms with E-state index in [9.17, 15) is 8.42 Å². The summed E-state index contributed by atoms with van der Waals surface area (Å²) in [4.78, 5) is 0. The zero-order chi connectivity index (χ0) is 13.4. The van der Waals surface area contributed by atoms with Gasteiger partial charge in [-0.25, -0.2) is 12.7 Å². The first-order valence-electron chi connectivity index (χ1n) is 5.90. The highest BCUT2D eigenvalue weighted by Gasteiger charge is 2.12. The molecular formula is C13H20N2O2S. The molecule has 1 aromatic rings. The first-order valence-corrected chi connectivity index (χ1v) is 7.40. The van der Waals surface area contributed by atoms with Gasteiger partial charge in [0.15, 0.2) is 0 Å². The van der Waals surface area contributed by atoms with Crippen LogP contribution < -0.4 is 5.32 Å². The maximum atomic E-state index is 11.9.